The number of carbonyl (C=O) groups excluding carboxylic acids is 1. The molecule has 1 atom stereocenters. The molecule has 0 saturated carbocycles. The van der Waals surface area contributed by atoms with Gasteiger partial charge in [-0.1, -0.05) is 30.3 Å². The second kappa shape index (κ2) is 7.05. The van der Waals surface area contributed by atoms with Crippen molar-refractivity contribution in [3.8, 4) is 0 Å². The van der Waals surface area contributed by atoms with Crippen LogP contribution in [0, 0.1) is 5.82 Å². The van der Waals surface area contributed by atoms with Crippen LogP contribution in [0.3, 0.4) is 0 Å². The average molecular weight is 439 g/mol. The molecule has 1 aliphatic rings. The van der Waals surface area contributed by atoms with E-state index >= 15 is 0 Å². The van der Waals surface area contributed by atoms with Crippen LogP contribution in [0.4, 0.5) is 23.2 Å². The van der Waals surface area contributed by atoms with Gasteiger partial charge in [0, 0.05) is 5.69 Å². The lowest BCUT2D eigenvalue weighted by atomic mass is 9.98. The monoisotopic (exact) mass is 439 g/mol. The van der Waals surface area contributed by atoms with E-state index in [1.165, 1.54) is 30.3 Å². The van der Waals surface area contributed by atoms with Crippen molar-refractivity contribution in [3.63, 3.8) is 0 Å². The number of amides is 1. The van der Waals surface area contributed by atoms with E-state index in [4.69, 9.17) is 4.42 Å². The van der Waals surface area contributed by atoms with Crippen LogP contribution < -0.4 is 10.3 Å². The van der Waals surface area contributed by atoms with Gasteiger partial charge in [0.05, 0.1) is 22.6 Å². The van der Waals surface area contributed by atoms with E-state index in [9.17, 15) is 27.2 Å². The Morgan fingerprint density at radius 2 is 1.59 bits per heavy atom. The Labute approximate surface area is 178 Å². The summed E-state index contributed by atoms with van der Waals surface area (Å²) in [6, 6.07) is 14.6. The van der Waals surface area contributed by atoms with Gasteiger partial charge < -0.3 is 4.42 Å². The summed E-state index contributed by atoms with van der Waals surface area (Å²) in [5.74, 6) is -1.54. The summed E-state index contributed by atoms with van der Waals surface area (Å²) in [5.41, 5.74) is -0.932. The van der Waals surface area contributed by atoms with Crippen molar-refractivity contribution in [1.82, 2.24) is 0 Å². The maximum absolute atomic E-state index is 13.6. The number of nitrogens with zero attached hydrogens (tertiary/aromatic N) is 1. The highest BCUT2D eigenvalue weighted by molar-refractivity contribution is 6.10. The second-order valence-electron chi connectivity index (χ2n) is 7.35. The van der Waals surface area contributed by atoms with Crippen LogP contribution >= 0.6 is 0 Å². The molecule has 0 N–H and O–H groups in total. The molecule has 8 heteroatoms. The molecule has 32 heavy (non-hydrogen) atoms. The molecule has 0 spiro atoms. The van der Waals surface area contributed by atoms with Crippen LogP contribution in [-0.2, 0) is 6.18 Å². The van der Waals surface area contributed by atoms with Crippen molar-refractivity contribution in [2.45, 2.75) is 12.2 Å². The van der Waals surface area contributed by atoms with Crippen LogP contribution in [0.25, 0.3) is 11.0 Å². The third-order valence-electron chi connectivity index (χ3n) is 5.42. The molecule has 4 aromatic rings. The largest absolute Gasteiger partial charge is 0.450 e. The number of para-hydroxylation sites is 1. The Bertz CT molecular complexity index is 1420. The molecule has 2 heterocycles. The molecule has 0 saturated heterocycles. The predicted molar refractivity (Wildman–Crippen MR) is 109 cm³/mol. The Hall–Kier alpha value is -3.94. The minimum Gasteiger partial charge on any atom is -0.450 e. The van der Waals surface area contributed by atoms with E-state index in [0.29, 0.717) is 5.56 Å². The molecule has 0 aliphatic carbocycles. The predicted octanol–water partition coefficient (Wildman–Crippen LogP) is 5.70. The number of carbonyl (C=O) groups is 1. The minimum atomic E-state index is -4.63. The third kappa shape index (κ3) is 3.07. The average Bonchev–Trinajstić information content (AvgIpc) is 3.07. The second-order valence-corrected chi connectivity index (χ2v) is 7.35. The van der Waals surface area contributed by atoms with Crippen molar-refractivity contribution >= 4 is 22.6 Å². The third-order valence-corrected chi connectivity index (χ3v) is 5.42. The highest BCUT2D eigenvalue weighted by Crippen LogP contribution is 2.42. The molecule has 5 rings (SSSR count). The van der Waals surface area contributed by atoms with Gasteiger partial charge in [0.1, 0.15) is 11.4 Å². The van der Waals surface area contributed by atoms with Gasteiger partial charge in [0.2, 0.25) is 5.76 Å². The molecular formula is C24H13F4NO3. The lowest BCUT2D eigenvalue weighted by Gasteiger charge is -2.26. The highest BCUT2D eigenvalue weighted by Gasteiger charge is 2.44. The van der Waals surface area contributed by atoms with E-state index < -0.39 is 34.9 Å². The Kier molecular flexibility index (Phi) is 4.40. The number of alkyl halides is 3. The molecule has 4 nitrogen and oxygen atoms in total. The number of hydrogen-bond acceptors (Lipinski definition) is 3. The molecule has 3 aromatic carbocycles. The lowest BCUT2D eigenvalue weighted by molar-refractivity contribution is -0.137. The van der Waals surface area contributed by atoms with Crippen LogP contribution in [0.15, 0.2) is 82.0 Å². The van der Waals surface area contributed by atoms with Gasteiger partial charge in [0.15, 0.2) is 5.43 Å². The molecule has 0 radical (unpaired) electrons. The van der Waals surface area contributed by atoms with Gasteiger partial charge in [-0.3, -0.25) is 14.5 Å². The van der Waals surface area contributed by atoms with Gasteiger partial charge >= 0.3 is 6.18 Å². The maximum atomic E-state index is 13.6. The quantitative estimate of drug-likeness (QED) is 0.377. The maximum Gasteiger partial charge on any atom is 0.416 e. The number of fused-ring (bicyclic) bond motifs is 2. The lowest BCUT2D eigenvalue weighted by Crippen LogP contribution is -2.29. The number of rotatable bonds is 2. The van der Waals surface area contributed by atoms with E-state index in [0.717, 1.165) is 29.2 Å². The van der Waals surface area contributed by atoms with E-state index in [-0.39, 0.29) is 28.0 Å². The summed E-state index contributed by atoms with van der Waals surface area (Å²) < 4.78 is 59.2. The summed E-state index contributed by atoms with van der Waals surface area (Å²) in [4.78, 5) is 27.7. The smallest absolute Gasteiger partial charge is 0.416 e. The zero-order valence-electron chi connectivity index (χ0n) is 16.2. The summed E-state index contributed by atoms with van der Waals surface area (Å²) in [7, 11) is 0. The molecule has 1 amide bonds. The number of anilines is 1. The zero-order chi connectivity index (χ0) is 22.6. The Balaban J connectivity index is 1.79. The zero-order valence-corrected chi connectivity index (χ0v) is 16.2. The standard InChI is InChI=1S/C24H13F4NO3/c25-15-10-8-13(9-11-15)20-19-21(30)17-6-1-2-7-18(17)32-22(19)23(31)29(20)16-5-3-4-14(12-16)24(26,27)28/h1-12,20H. The molecule has 0 fully saturated rings. The van der Waals surface area contributed by atoms with E-state index in [1.807, 2.05) is 0 Å². The fourth-order valence-corrected chi connectivity index (χ4v) is 3.98. The summed E-state index contributed by atoms with van der Waals surface area (Å²) in [5, 5.41) is 0.233. The SMILES string of the molecule is O=C1c2oc3ccccc3c(=O)c2C(c2ccc(F)cc2)N1c1cccc(C(F)(F)F)c1. The Morgan fingerprint density at radius 1 is 0.875 bits per heavy atom. The number of benzene rings is 3. The number of hydrogen-bond donors (Lipinski definition) is 0. The first kappa shape index (κ1) is 20.0. The van der Waals surface area contributed by atoms with Crippen LogP contribution in [0.5, 0.6) is 0 Å². The molecule has 0 bridgehead atoms. The summed E-state index contributed by atoms with van der Waals surface area (Å²) >= 11 is 0. The summed E-state index contributed by atoms with van der Waals surface area (Å²) in [6.07, 6.45) is -4.63. The normalized spacial score (nSPS) is 15.9. The summed E-state index contributed by atoms with van der Waals surface area (Å²) in [6.45, 7) is 0. The Morgan fingerprint density at radius 3 is 2.31 bits per heavy atom. The van der Waals surface area contributed by atoms with Crippen molar-refractivity contribution in [1.29, 1.82) is 0 Å². The molecule has 160 valence electrons. The van der Waals surface area contributed by atoms with Crippen molar-refractivity contribution in [3.05, 3.63) is 111 Å². The van der Waals surface area contributed by atoms with Crippen LogP contribution in [0.2, 0.25) is 0 Å². The first-order valence-electron chi connectivity index (χ1n) is 9.58. The van der Waals surface area contributed by atoms with Gasteiger partial charge in [-0.05, 0) is 48.0 Å². The minimum absolute atomic E-state index is 0.00211. The molecule has 1 unspecified atom stereocenters. The first-order chi connectivity index (χ1) is 15.3. The fraction of sp³-hybridized carbons (Fsp3) is 0.0833. The van der Waals surface area contributed by atoms with E-state index in [2.05, 4.69) is 0 Å². The van der Waals surface area contributed by atoms with Gasteiger partial charge in [-0.2, -0.15) is 13.2 Å². The van der Waals surface area contributed by atoms with Crippen LogP contribution in [-0.4, -0.2) is 5.91 Å². The number of halogens is 4. The van der Waals surface area contributed by atoms with Crippen LogP contribution in [0.1, 0.15) is 33.3 Å². The van der Waals surface area contributed by atoms with E-state index in [1.54, 1.807) is 18.2 Å². The van der Waals surface area contributed by atoms with Crippen molar-refractivity contribution in [2.24, 2.45) is 0 Å². The molecular weight excluding hydrogens is 426 g/mol. The highest BCUT2D eigenvalue weighted by atomic mass is 19.4. The fourth-order valence-electron chi connectivity index (χ4n) is 3.98. The van der Waals surface area contributed by atoms with Gasteiger partial charge in [-0.15, -0.1) is 0 Å². The van der Waals surface area contributed by atoms with Crippen molar-refractivity contribution in [2.75, 3.05) is 4.90 Å². The van der Waals surface area contributed by atoms with Gasteiger partial charge in [0.25, 0.3) is 5.91 Å². The van der Waals surface area contributed by atoms with Gasteiger partial charge in [-0.25, -0.2) is 4.39 Å². The topological polar surface area (TPSA) is 50.5 Å². The molecule has 1 aromatic heterocycles. The molecule has 1 aliphatic heterocycles. The van der Waals surface area contributed by atoms with Crippen molar-refractivity contribution < 1.29 is 26.8 Å². The first-order valence-corrected chi connectivity index (χ1v) is 9.58.